The summed E-state index contributed by atoms with van der Waals surface area (Å²) in [4.78, 5) is 3.18. The minimum absolute atomic E-state index is 0.503. The van der Waals surface area contributed by atoms with Crippen molar-refractivity contribution in [1.82, 2.24) is 4.98 Å². The number of quaternary nitrogens is 1. The highest BCUT2D eigenvalue weighted by atomic mass is 35.5. The van der Waals surface area contributed by atoms with Gasteiger partial charge < -0.3 is 15.5 Å². The van der Waals surface area contributed by atoms with Gasteiger partial charge in [0.2, 0.25) is 0 Å². The fraction of sp³-hybridized carbons (Fsp3) is 0.200. The molecular formula is C10H11Cl2N2O+. The van der Waals surface area contributed by atoms with E-state index in [1.165, 1.54) is 0 Å². The first-order valence-corrected chi connectivity index (χ1v) is 5.25. The molecule has 3 nitrogen and oxygen atoms in total. The summed E-state index contributed by atoms with van der Waals surface area (Å²) < 4.78 is 5.13. The SMILES string of the molecule is COc1c(Cl)cc2cc(C[NH3+])[nH]c2c1Cl. The Morgan fingerprint density at radius 1 is 1.40 bits per heavy atom. The van der Waals surface area contributed by atoms with E-state index in [1.54, 1.807) is 7.11 Å². The van der Waals surface area contributed by atoms with Crippen molar-refractivity contribution in [3.05, 3.63) is 27.9 Å². The fourth-order valence-electron chi connectivity index (χ4n) is 1.57. The van der Waals surface area contributed by atoms with Crippen molar-refractivity contribution >= 4 is 34.1 Å². The molecule has 0 amide bonds. The van der Waals surface area contributed by atoms with Crippen LogP contribution in [0, 0.1) is 0 Å². The Hall–Kier alpha value is -0.900. The van der Waals surface area contributed by atoms with Crippen LogP contribution in [0.5, 0.6) is 5.75 Å². The van der Waals surface area contributed by atoms with Crippen molar-refractivity contribution in [2.75, 3.05) is 7.11 Å². The average molecular weight is 246 g/mol. The molecule has 0 aliphatic carbocycles. The lowest BCUT2D eigenvalue weighted by molar-refractivity contribution is -0.387. The van der Waals surface area contributed by atoms with Crippen LogP contribution < -0.4 is 10.5 Å². The van der Waals surface area contributed by atoms with Gasteiger partial charge in [0.25, 0.3) is 0 Å². The quantitative estimate of drug-likeness (QED) is 0.838. The van der Waals surface area contributed by atoms with Crippen molar-refractivity contribution in [2.24, 2.45) is 0 Å². The van der Waals surface area contributed by atoms with Gasteiger partial charge in [-0.2, -0.15) is 0 Å². The Kier molecular flexibility index (Phi) is 2.78. The number of rotatable bonds is 2. The van der Waals surface area contributed by atoms with Crippen LogP contribution in [0.15, 0.2) is 12.1 Å². The third kappa shape index (κ3) is 1.67. The third-order valence-corrected chi connectivity index (χ3v) is 2.94. The average Bonchev–Trinajstić information content (AvgIpc) is 2.61. The molecule has 0 spiro atoms. The number of H-pyrrole nitrogens is 1. The van der Waals surface area contributed by atoms with E-state index in [0.717, 1.165) is 16.6 Å². The first-order valence-electron chi connectivity index (χ1n) is 4.50. The highest BCUT2D eigenvalue weighted by molar-refractivity contribution is 6.40. The van der Waals surface area contributed by atoms with E-state index >= 15 is 0 Å². The van der Waals surface area contributed by atoms with E-state index in [0.29, 0.717) is 22.3 Å². The number of methoxy groups -OCH3 is 1. The summed E-state index contributed by atoms with van der Waals surface area (Å²) in [6, 6.07) is 3.82. The first kappa shape index (κ1) is 10.6. The number of fused-ring (bicyclic) bond motifs is 1. The maximum absolute atomic E-state index is 6.16. The second-order valence-corrected chi connectivity index (χ2v) is 4.00. The van der Waals surface area contributed by atoms with Crippen LogP contribution in [0.3, 0.4) is 0 Å². The highest BCUT2D eigenvalue weighted by Gasteiger charge is 2.13. The summed E-state index contributed by atoms with van der Waals surface area (Å²) in [6.45, 7) is 0.685. The van der Waals surface area contributed by atoms with Crippen molar-refractivity contribution in [3.63, 3.8) is 0 Å². The number of hydrogen-bond acceptors (Lipinski definition) is 1. The fourth-order valence-corrected chi connectivity index (χ4v) is 2.24. The largest absolute Gasteiger partial charge is 0.494 e. The molecule has 0 bridgehead atoms. The number of hydrogen-bond donors (Lipinski definition) is 2. The maximum atomic E-state index is 6.16. The number of aromatic nitrogens is 1. The van der Waals surface area contributed by atoms with Crippen LogP contribution in [0.2, 0.25) is 10.0 Å². The zero-order chi connectivity index (χ0) is 11.0. The molecule has 4 N–H and O–H groups in total. The van der Waals surface area contributed by atoms with Gasteiger partial charge in [-0.1, -0.05) is 23.2 Å². The van der Waals surface area contributed by atoms with Gasteiger partial charge in [-0.3, -0.25) is 0 Å². The number of halogens is 2. The Balaban J connectivity index is 2.76. The molecule has 0 fully saturated rings. The Bertz CT molecular complexity index is 508. The first-order chi connectivity index (χ1) is 7.17. The maximum Gasteiger partial charge on any atom is 0.158 e. The summed E-state index contributed by atoms with van der Waals surface area (Å²) in [5, 5.41) is 2.01. The van der Waals surface area contributed by atoms with E-state index < -0.39 is 0 Å². The lowest BCUT2D eigenvalue weighted by atomic mass is 10.2. The second kappa shape index (κ2) is 3.93. The van der Waals surface area contributed by atoms with Crippen LogP contribution in [0.25, 0.3) is 10.9 Å². The standard InChI is InChI=1S/C10H10Cl2N2O/c1-15-10-7(11)3-5-2-6(4-13)14-9(5)8(10)12/h2-3,14H,4,13H2,1H3/p+1. The summed E-state index contributed by atoms with van der Waals surface area (Å²) in [6.07, 6.45) is 0. The van der Waals surface area contributed by atoms with Gasteiger partial charge >= 0.3 is 0 Å². The molecule has 0 radical (unpaired) electrons. The molecule has 15 heavy (non-hydrogen) atoms. The van der Waals surface area contributed by atoms with Gasteiger partial charge in [-0.25, -0.2) is 0 Å². The van der Waals surface area contributed by atoms with Crippen molar-refractivity contribution in [3.8, 4) is 5.75 Å². The number of nitrogens with one attached hydrogen (secondary N) is 1. The molecule has 0 unspecified atom stereocenters. The molecule has 1 aromatic carbocycles. The monoisotopic (exact) mass is 245 g/mol. The van der Waals surface area contributed by atoms with E-state index in [-0.39, 0.29) is 0 Å². The van der Waals surface area contributed by atoms with Crippen molar-refractivity contribution < 1.29 is 10.5 Å². The minimum Gasteiger partial charge on any atom is -0.494 e. The molecule has 0 aliphatic heterocycles. The Labute approximate surface area is 97.1 Å². The summed E-state index contributed by atoms with van der Waals surface area (Å²) >= 11 is 12.2. The molecule has 5 heteroatoms. The number of benzene rings is 1. The van der Waals surface area contributed by atoms with Gasteiger partial charge in [-0.05, 0) is 12.1 Å². The summed E-state index contributed by atoms with van der Waals surface area (Å²) in [5.74, 6) is 0.503. The molecule has 2 aromatic rings. The summed E-state index contributed by atoms with van der Waals surface area (Å²) in [7, 11) is 1.55. The topological polar surface area (TPSA) is 52.7 Å². The zero-order valence-electron chi connectivity index (χ0n) is 8.23. The highest BCUT2D eigenvalue weighted by Crippen LogP contribution is 2.38. The van der Waals surface area contributed by atoms with Gasteiger partial charge in [0.15, 0.2) is 5.75 Å². The van der Waals surface area contributed by atoms with Gasteiger partial charge in [0.1, 0.15) is 11.6 Å². The molecule has 1 heterocycles. The second-order valence-electron chi connectivity index (χ2n) is 3.21. The van der Waals surface area contributed by atoms with E-state index in [2.05, 4.69) is 10.7 Å². The lowest BCUT2D eigenvalue weighted by Gasteiger charge is -2.05. The predicted molar refractivity (Wildman–Crippen MR) is 61.5 cm³/mol. The number of aromatic amines is 1. The normalized spacial score (nSPS) is 10.9. The molecular weight excluding hydrogens is 235 g/mol. The van der Waals surface area contributed by atoms with E-state index in [1.807, 2.05) is 12.1 Å². The third-order valence-electron chi connectivity index (χ3n) is 2.30. The molecule has 0 saturated carbocycles. The molecule has 80 valence electrons. The van der Waals surface area contributed by atoms with Gasteiger partial charge in [0.05, 0.1) is 23.3 Å². The molecule has 2 rings (SSSR count). The summed E-state index contributed by atoms with van der Waals surface area (Å²) in [5.41, 5.74) is 5.68. The molecule has 0 atom stereocenters. The van der Waals surface area contributed by atoms with E-state index in [9.17, 15) is 0 Å². The van der Waals surface area contributed by atoms with Crippen LogP contribution in [-0.4, -0.2) is 12.1 Å². The predicted octanol–water partition coefficient (Wildman–Crippen LogP) is 2.23. The number of ether oxygens (including phenoxy) is 1. The Morgan fingerprint density at radius 3 is 2.73 bits per heavy atom. The zero-order valence-corrected chi connectivity index (χ0v) is 9.74. The van der Waals surface area contributed by atoms with Crippen molar-refractivity contribution in [2.45, 2.75) is 6.54 Å². The van der Waals surface area contributed by atoms with Crippen LogP contribution in [-0.2, 0) is 6.54 Å². The van der Waals surface area contributed by atoms with Crippen LogP contribution >= 0.6 is 23.2 Å². The minimum atomic E-state index is 0.503. The molecule has 0 aliphatic rings. The lowest BCUT2D eigenvalue weighted by Crippen LogP contribution is -2.47. The van der Waals surface area contributed by atoms with Gasteiger partial charge in [-0.15, -0.1) is 0 Å². The van der Waals surface area contributed by atoms with Crippen LogP contribution in [0.4, 0.5) is 0 Å². The molecule has 0 saturated heterocycles. The Morgan fingerprint density at radius 2 is 2.13 bits per heavy atom. The van der Waals surface area contributed by atoms with E-state index in [4.69, 9.17) is 27.9 Å². The van der Waals surface area contributed by atoms with Crippen LogP contribution in [0.1, 0.15) is 5.69 Å². The van der Waals surface area contributed by atoms with Gasteiger partial charge in [0, 0.05) is 5.39 Å². The van der Waals surface area contributed by atoms with Crippen molar-refractivity contribution in [1.29, 1.82) is 0 Å². The smallest absolute Gasteiger partial charge is 0.158 e. The molecule has 1 aromatic heterocycles.